The van der Waals surface area contributed by atoms with Crippen LogP contribution < -0.4 is 0 Å². The van der Waals surface area contributed by atoms with Crippen LogP contribution in [0.25, 0.3) is 10.9 Å². The standard InChI is InChI=1S/C15H11ClFN/c16-14-9-12(17)6-5-10(14)7-13-8-11-3-1-2-4-15(11)18-13/h1-6,8-9,18H,7H2. The Hall–Kier alpha value is -1.80. The minimum absolute atomic E-state index is 0.305. The van der Waals surface area contributed by atoms with Crippen molar-refractivity contribution >= 4 is 22.5 Å². The summed E-state index contributed by atoms with van der Waals surface area (Å²) < 4.78 is 13.0. The second-order valence-corrected chi connectivity index (χ2v) is 4.70. The number of hydrogen-bond donors (Lipinski definition) is 1. The zero-order valence-electron chi connectivity index (χ0n) is 9.58. The van der Waals surface area contributed by atoms with Crippen molar-refractivity contribution in [3.05, 3.63) is 70.6 Å². The normalized spacial score (nSPS) is 11.0. The molecule has 0 radical (unpaired) electrons. The lowest BCUT2D eigenvalue weighted by Crippen LogP contribution is -1.90. The van der Waals surface area contributed by atoms with Crippen molar-refractivity contribution in [2.24, 2.45) is 0 Å². The molecule has 0 unspecified atom stereocenters. The zero-order chi connectivity index (χ0) is 12.5. The summed E-state index contributed by atoms with van der Waals surface area (Å²) in [6.45, 7) is 0. The van der Waals surface area contributed by atoms with E-state index in [1.165, 1.54) is 17.5 Å². The van der Waals surface area contributed by atoms with Crippen LogP contribution in [0.3, 0.4) is 0 Å². The average molecular weight is 260 g/mol. The van der Waals surface area contributed by atoms with Gasteiger partial charge >= 0.3 is 0 Å². The van der Waals surface area contributed by atoms with Crippen LogP contribution in [0, 0.1) is 5.82 Å². The van der Waals surface area contributed by atoms with Crippen molar-refractivity contribution in [3.8, 4) is 0 Å². The molecule has 2 aromatic carbocycles. The number of H-pyrrole nitrogens is 1. The smallest absolute Gasteiger partial charge is 0.124 e. The molecule has 18 heavy (non-hydrogen) atoms. The molecule has 0 aliphatic carbocycles. The van der Waals surface area contributed by atoms with E-state index in [4.69, 9.17) is 11.6 Å². The molecule has 0 bridgehead atoms. The summed E-state index contributed by atoms with van der Waals surface area (Å²) in [5.41, 5.74) is 3.10. The predicted molar refractivity (Wildman–Crippen MR) is 72.5 cm³/mol. The van der Waals surface area contributed by atoms with Crippen molar-refractivity contribution in [2.75, 3.05) is 0 Å². The van der Waals surface area contributed by atoms with Crippen LogP contribution in [0.5, 0.6) is 0 Å². The van der Waals surface area contributed by atoms with Crippen molar-refractivity contribution in [2.45, 2.75) is 6.42 Å². The van der Waals surface area contributed by atoms with E-state index in [0.717, 1.165) is 16.8 Å². The van der Waals surface area contributed by atoms with E-state index in [0.29, 0.717) is 11.4 Å². The quantitative estimate of drug-likeness (QED) is 0.695. The fraction of sp³-hybridized carbons (Fsp3) is 0.0667. The molecule has 0 fully saturated rings. The lowest BCUT2D eigenvalue weighted by atomic mass is 10.1. The molecule has 0 amide bonds. The largest absolute Gasteiger partial charge is 0.358 e. The minimum atomic E-state index is -0.305. The van der Waals surface area contributed by atoms with E-state index < -0.39 is 0 Å². The minimum Gasteiger partial charge on any atom is -0.358 e. The second kappa shape index (κ2) is 4.46. The van der Waals surface area contributed by atoms with Gasteiger partial charge in [0.05, 0.1) is 0 Å². The van der Waals surface area contributed by atoms with Crippen LogP contribution in [0.4, 0.5) is 4.39 Å². The molecule has 0 atom stereocenters. The first-order valence-corrected chi connectivity index (χ1v) is 6.11. The van der Waals surface area contributed by atoms with Crippen LogP contribution in [0.2, 0.25) is 5.02 Å². The van der Waals surface area contributed by atoms with Crippen LogP contribution in [-0.4, -0.2) is 4.98 Å². The molecule has 3 heteroatoms. The second-order valence-electron chi connectivity index (χ2n) is 4.29. The zero-order valence-corrected chi connectivity index (χ0v) is 10.3. The molecule has 0 spiro atoms. The molecule has 1 heterocycles. The summed E-state index contributed by atoms with van der Waals surface area (Å²) in [5.74, 6) is -0.305. The molecule has 0 aliphatic heterocycles. The maximum Gasteiger partial charge on any atom is 0.124 e. The molecule has 1 nitrogen and oxygen atoms in total. The summed E-state index contributed by atoms with van der Waals surface area (Å²) in [7, 11) is 0. The van der Waals surface area contributed by atoms with Gasteiger partial charge in [-0.3, -0.25) is 0 Å². The number of rotatable bonds is 2. The molecule has 3 rings (SSSR count). The van der Waals surface area contributed by atoms with Crippen LogP contribution in [-0.2, 0) is 6.42 Å². The number of para-hydroxylation sites is 1. The van der Waals surface area contributed by atoms with Gasteiger partial charge in [-0.15, -0.1) is 0 Å². The number of benzene rings is 2. The van der Waals surface area contributed by atoms with Crippen LogP contribution in [0.15, 0.2) is 48.5 Å². The van der Waals surface area contributed by atoms with Gasteiger partial charge in [-0.25, -0.2) is 4.39 Å². The molecule has 3 aromatic rings. The highest BCUT2D eigenvalue weighted by atomic mass is 35.5. The van der Waals surface area contributed by atoms with Gasteiger partial charge < -0.3 is 4.98 Å². The van der Waals surface area contributed by atoms with E-state index in [1.807, 2.05) is 18.2 Å². The highest BCUT2D eigenvalue weighted by molar-refractivity contribution is 6.31. The number of hydrogen-bond acceptors (Lipinski definition) is 0. The molecule has 0 saturated heterocycles. The summed E-state index contributed by atoms with van der Waals surface area (Å²) >= 11 is 6.02. The van der Waals surface area contributed by atoms with Gasteiger partial charge in [-0.2, -0.15) is 0 Å². The summed E-state index contributed by atoms with van der Waals surface area (Å²) in [4.78, 5) is 3.33. The molecule has 90 valence electrons. The maximum absolute atomic E-state index is 13.0. The molecule has 1 N–H and O–H groups in total. The molecular formula is C15H11ClFN. The van der Waals surface area contributed by atoms with E-state index in [2.05, 4.69) is 17.1 Å². The Kier molecular flexibility index (Phi) is 2.80. The molecule has 0 saturated carbocycles. The summed E-state index contributed by atoms with van der Waals surface area (Å²) in [6, 6.07) is 14.7. The predicted octanol–water partition coefficient (Wildman–Crippen LogP) is 4.55. The number of aromatic nitrogens is 1. The Morgan fingerprint density at radius 3 is 2.67 bits per heavy atom. The number of fused-ring (bicyclic) bond motifs is 1. The number of aromatic amines is 1. The third-order valence-corrected chi connectivity index (χ3v) is 3.33. The first kappa shape index (κ1) is 11.3. The monoisotopic (exact) mass is 259 g/mol. The Morgan fingerprint density at radius 1 is 1.06 bits per heavy atom. The fourth-order valence-electron chi connectivity index (χ4n) is 2.10. The summed E-state index contributed by atoms with van der Waals surface area (Å²) in [6.07, 6.45) is 0.674. The lowest BCUT2D eigenvalue weighted by Gasteiger charge is -2.02. The van der Waals surface area contributed by atoms with E-state index in [-0.39, 0.29) is 5.82 Å². The van der Waals surface area contributed by atoms with Gasteiger partial charge in [0, 0.05) is 22.7 Å². The van der Waals surface area contributed by atoms with Gasteiger partial charge in [0.25, 0.3) is 0 Å². The third kappa shape index (κ3) is 2.12. The van der Waals surface area contributed by atoms with E-state index in [1.54, 1.807) is 6.07 Å². The Labute approximate surface area is 109 Å². The molecule has 0 aliphatic rings. The maximum atomic E-state index is 13.0. The van der Waals surface area contributed by atoms with Gasteiger partial charge in [-0.05, 0) is 35.2 Å². The summed E-state index contributed by atoms with van der Waals surface area (Å²) in [5, 5.41) is 1.64. The van der Waals surface area contributed by atoms with E-state index in [9.17, 15) is 4.39 Å². The highest BCUT2D eigenvalue weighted by Crippen LogP contribution is 2.22. The fourth-order valence-corrected chi connectivity index (χ4v) is 2.33. The first-order valence-electron chi connectivity index (χ1n) is 5.73. The molecular weight excluding hydrogens is 249 g/mol. The first-order chi connectivity index (χ1) is 8.72. The van der Waals surface area contributed by atoms with Crippen molar-refractivity contribution in [1.82, 2.24) is 4.98 Å². The van der Waals surface area contributed by atoms with Crippen molar-refractivity contribution < 1.29 is 4.39 Å². The SMILES string of the molecule is Fc1ccc(Cc2cc3ccccc3[nH]2)c(Cl)c1. The lowest BCUT2D eigenvalue weighted by molar-refractivity contribution is 0.627. The average Bonchev–Trinajstić information content (AvgIpc) is 2.75. The Bertz CT molecular complexity index is 670. The number of nitrogens with one attached hydrogen (secondary N) is 1. The third-order valence-electron chi connectivity index (χ3n) is 2.98. The topological polar surface area (TPSA) is 15.8 Å². The highest BCUT2D eigenvalue weighted by Gasteiger charge is 2.05. The van der Waals surface area contributed by atoms with E-state index >= 15 is 0 Å². The Balaban J connectivity index is 1.96. The van der Waals surface area contributed by atoms with Gasteiger partial charge in [-0.1, -0.05) is 35.9 Å². The number of halogens is 2. The Morgan fingerprint density at radius 2 is 1.89 bits per heavy atom. The van der Waals surface area contributed by atoms with Gasteiger partial charge in [0.15, 0.2) is 0 Å². The molecule has 1 aromatic heterocycles. The van der Waals surface area contributed by atoms with Gasteiger partial charge in [0.2, 0.25) is 0 Å². The van der Waals surface area contributed by atoms with Crippen molar-refractivity contribution in [1.29, 1.82) is 0 Å². The van der Waals surface area contributed by atoms with Crippen LogP contribution >= 0.6 is 11.6 Å². The van der Waals surface area contributed by atoms with Crippen molar-refractivity contribution in [3.63, 3.8) is 0 Å². The van der Waals surface area contributed by atoms with Crippen LogP contribution in [0.1, 0.15) is 11.3 Å². The van der Waals surface area contributed by atoms with Gasteiger partial charge in [0.1, 0.15) is 5.82 Å².